The Morgan fingerprint density at radius 1 is 0.972 bits per heavy atom. The van der Waals surface area contributed by atoms with Crippen molar-refractivity contribution in [1.82, 2.24) is 15.4 Å². The second-order valence-electron chi connectivity index (χ2n) is 11.4. The molecule has 0 bridgehead atoms. The van der Waals surface area contributed by atoms with Gasteiger partial charge in [0.2, 0.25) is 5.91 Å². The van der Waals surface area contributed by atoms with Gasteiger partial charge in [0.1, 0.15) is 0 Å². The van der Waals surface area contributed by atoms with Crippen molar-refractivity contribution in [2.24, 2.45) is 11.8 Å². The summed E-state index contributed by atoms with van der Waals surface area (Å²) in [6.07, 6.45) is 11.6. The zero-order valence-electron chi connectivity index (χ0n) is 21.1. The molecule has 6 nitrogen and oxygen atoms in total. The van der Waals surface area contributed by atoms with Crippen molar-refractivity contribution in [3.63, 3.8) is 0 Å². The number of fused-ring (bicyclic) bond motifs is 1. The van der Waals surface area contributed by atoms with Gasteiger partial charge in [-0.05, 0) is 108 Å². The fourth-order valence-electron chi connectivity index (χ4n) is 6.53. The molecule has 2 heterocycles. The molecule has 1 amide bonds. The minimum Gasteiger partial charge on any atom is -0.393 e. The number of rotatable bonds is 7. The van der Waals surface area contributed by atoms with Crippen molar-refractivity contribution in [3.8, 4) is 0 Å². The van der Waals surface area contributed by atoms with E-state index in [1.807, 2.05) is 0 Å². The molecule has 8 heteroatoms. The molecule has 5 rings (SSSR count). The highest BCUT2D eigenvalue weighted by molar-refractivity contribution is 5.80. The normalized spacial score (nSPS) is 28.4. The zero-order chi connectivity index (χ0) is 25.1. The number of piperidine rings is 1. The van der Waals surface area contributed by atoms with E-state index in [2.05, 4.69) is 15.4 Å². The molecule has 1 aliphatic heterocycles. The lowest BCUT2D eigenvalue weighted by atomic mass is 9.83. The van der Waals surface area contributed by atoms with Crippen molar-refractivity contribution in [3.05, 3.63) is 29.5 Å². The number of aliphatic hydroxyl groups excluding tert-OH is 1. The number of aromatic nitrogens is 1. The quantitative estimate of drug-likeness (QED) is 0.537. The first-order chi connectivity index (χ1) is 17.4. The first-order valence-corrected chi connectivity index (χ1v) is 13.9. The van der Waals surface area contributed by atoms with Gasteiger partial charge >= 0.3 is 0 Å². The van der Waals surface area contributed by atoms with Crippen LogP contribution in [0.4, 0.5) is 8.78 Å². The highest BCUT2D eigenvalue weighted by Gasteiger charge is 2.28. The molecular weight excluding hydrogens is 464 g/mol. The van der Waals surface area contributed by atoms with Crippen molar-refractivity contribution in [2.75, 3.05) is 19.6 Å². The molecule has 2 saturated carbocycles. The number of carbonyl (C=O) groups is 1. The number of likely N-dealkylation sites (tertiary alicyclic amines) is 1. The molecule has 198 valence electrons. The van der Waals surface area contributed by atoms with E-state index in [4.69, 9.17) is 4.52 Å². The van der Waals surface area contributed by atoms with Crippen LogP contribution in [0.3, 0.4) is 0 Å². The Kier molecular flexibility index (Phi) is 8.21. The number of amides is 1. The number of hydrogen-bond donors (Lipinski definition) is 2. The van der Waals surface area contributed by atoms with Gasteiger partial charge in [0.05, 0.1) is 11.8 Å². The summed E-state index contributed by atoms with van der Waals surface area (Å²) in [5.74, 6) is -0.212. The van der Waals surface area contributed by atoms with E-state index >= 15 is 0 Å². The van der Waals surface area contributed by atoms with Crippen LogP contribution in [0, 0.1) is 23.5 Å². The van der Waals surface area contributed by atoms with Gasteiger partial charge in [-0.3, -0.25) is 4.79 Å². The Bertz CT molecular complexity index is 1020. The van der Waals surface area contributed by atoms with Crippen LogP contribution in [0.1, 0.15) is 88.7 Å². The van der Waals surface area contributed by atoms with E-state index < -0.39 is 11.6 Å². The second kappa shape index (κ2) is 11.5. The summed E-state index contributed by atoms with van der Waals surface area (Å²) in [5, 5.41) is 17.6. The molecule has 0 unspecified atom stereocenters. The lowest BCUT2D eigenvalue weighted by Gasteiger charge is -2.34. The SMILES string of the molecule is O=C(CC1CCC(O)CC1)N[C@H]1CC[C@H](CCN2CCC(c3noc4cc(F)c(F)cc34)CC2)CC1. The number of nitrogens with zero attached hydrogens (tertiary/aromatic N) is 2. The molecule has 1 saturated heterocycles. The Morgan fingerprint density at radius 2 is 1.64 bits per heavy atom. The summed E-state index contributed by atoms with van der Waals surface area (Å²) in [5.41, 5.74) is 1.07. The van der Waals surface area contributed by atoms with E-state index in [0.717, 1.165) is 82.8 Å². The lowest BCUT2D eigenvalue weighted by molar-refractivity contribution is -0.123. The minimum absolute atomic E-state index is 0.169. The van der Waals surface area contributed by atoms with E-state index in [-0.39, 0.29) is 17.9 Å². The number of aliphatic hydroxyl groups is 1. The molecule has 0 atom stereocenters. The molecule has 2 aromatic rings. The summed E-state index contributed by atoms with van der Waals surface area (Å²) in [4.78, 5) is 15.0. The molecule has 0 radical (unpaired) electrons. The molecule has 0 spiro atoms. The van der Waals surface area contributed by atoms with Crippen molar-refractivity contribution in [2.45, 2.75) is 95.1 Å². The molecule has 3 fully saturated rings. The van der Waals surface area contributed by atoms with E-state index in [0.29, 0.717) is 35.3 Å². The van der Waals surface area contributed by atoms with Gasteiger partial charge in [-0.25, -0.2) is 8.78 Å². The summed E-state index contributed by atoms with van der Waals surface area (Å²) in [6, 6.07) is 2.61. The zero-order valence-corrected chi connectivity index (χ0v) is 21.1. The van der Waals surface area contributed by atoms with Gasteiger partial charge in [-0.1, -0.05) is 5.16 Å². The standard InChI is InChI=1S/C28H39F2N3O3/c29-24-16-23-26(17-25(24)30)36-32-28(23)20-10-13-33(14-11-20)12-9-18-1-5-21(6-2-18)31-27(35)15-19-3-7-22(34)8-4-19/h16-22,34H,1-15H2,(H,31,35)/t18-,19?,21-,22?. The highest BCUT2D eigenvalue weighted by Crippen LogP contribution is 2.34. The highest BCUT2D eigenvalue weighted by atomic mass is 19.2. The van der Waals surface area contributed by atoms with Gasteiger partial charge in [0.25, 0.3) is 0 Å². The Balaban J connectivity index is 0.995. The molecule has 1 aromatic heterocycles. The van der Waals surface area contributed by atoms with Crippen LogP contribution in [0.5, 0.6) is 0 Å². The van der Waals surface area contributed by atoms with E-state index in [1.165, 1.54) is 25.3 Å². The summed E-state index contributed by atoms with van der Waals surface area (Å²) in [6.45, 7) is 3.04. The van der Waals surface area contributed by atoms with Crippen molar-refractivity contribution < 1.29 is 23.2 Å². The molecule has 2 N–H and O–H groups in total. The monoisotopic (exact) mass is 503 g/mol. The van der Waals surface area contributed by atoms with Crippen LogP contribution in [0.2, 0.25) is 0 Å². The first-order valence-electron chi connectivity index (χ1n) is 13.9. The van der Waals surface area contributed by atoms with Crippen LogP contribution in [-0.2, 0) is 4.79 Å². The predicted molar refractivity (Wildman–Crippen MR) is 133 cm³/mol. The van der Waals surface area contributed by atoms with Crippen molar-refractivity contribution in [1.29, 1.82) is 0 Å². The Labute approximate surface area is 211 Å². The van der Waals surface area contributed by atoms with Gasteiger partial charge in [0, 0.05) is 29.8 Å². The Hall–Kier alpha value is -2.06. The maximum atomic E-state index is 13.7. The topological polar surface area (TPSA) is 78.6 Å². The number of hydrogen-bond acceptors (Lipinski definition) is 5. The third-order valence-corrected chi connectivity index (χ3v) is 8.87. The Morgan fingerprint density at radius 3 is 2.36 bits per heavy atom. The van der Waals surface area contributed by atoms with Crippen LogP contribution in [0.15, 0.2) is 16.7 Å². The second-order valence-corrected chi connectivity index (χ2v) is 11.4. The largest absolute Gasteiger partial charge is 0.393 e. The maximum absolute atomic E-state index is 13.7. The van der Waals surface area contributed by atoms with Crippen molar-refractivity contribution >= 4 is 16.9 Å². The van der Waals surface area contributed by atoms with Gasteiger partial charge in [0.15, 0.2) is 17.2 Å². The summed E-state index contributed by atoms with van der Waals surface area (Å²) >= 11 is 0. The summed E-state index contributed by atoms with van der Waals surface area (Å²) in [7, 11) is 0. The van der Waals surface area contributed by atoms with E-state index in [9.17, 15) is 18.7 Å². The van der Waals surface area contributed by atoms with Gasteiger partial charge in [-0.2, -0.15) is 0 Å². The number of nitrogens with one attached hydrogen (secondary N) is 1. The minimum atomic E-state index is -0.905. The third kappa shape index (κ3) is 6.25. The van der Waals surface area contributed by atoms with Crippen LogP contribution in [-0.4, -0.2) is 52.9 Å². The molecule has 1 aromatic carbocycles. The smallest absolute Gasteiger partial charge is 0.220 e. The molecule has 36 heavy (non-hydrogen) atoms. The number of halogens is 2. The molecule has 2 aliphatic carbocycles. The van der Waals surface area contributed by atoms with Crippen LogP contribution in [0.25, 0.3) is 11.0 Å². The van der Waals surface area contributed by atoms with E-state index in [1.54, 1.807) is 0 Å². The third-order valence-electron chi connectivity index (χ3n) is 8.87. The maximum Gasteiger partial charge on any atom is 0.220 e. The predicted octanol–water partition coefficient (Wildman–Crippen LogP) is 5.29. The number of carbonyl (C=O) groups excluding carboxylic acids is 1. The van der Waals surface area contributed by atoms with Gasteiger partial charge in [-0.15, -0.1) is 0 Å². The lowest BCUT2D eigenvalue weighted by Crippen LogP contribution is -2.39. The fourth-order valence-corrected chi connectivity index (χ4v) is 6.53. The average molecular weight is 504 g/mol. The average Bonchev–Trinajstić information content (AvgIpc) is 3.28. The fraction of sp³-hybridized carbons (Fsp3) is 0.714. The van der Waals surface area contributed by atoms with Crippen LogP contribution < -0.4 is 5.32 Å². The first kappa shape index (κ1) is 25.6. The number of benzene rings is 1. The van der Waals surface area contributed by atoms with Crippen LogP contribution >= 0.6 is 0 Å². The van der Waals surface area contributed by atoms with Gasteiger partial charge < -0.3 is 19.8 Å². The molecular formula is C28H39F2N3O3. The molecule has 3 aliphatic rings. The summed E-state index contributed by atoms with van der Waals surface area (Å²) < 4.78 is 32.5.